The lowest BCUT2D eigenvalue weighted by Gasteiger charge is -2.34. The Morgan fingerprint density at radius 2 is 1.67 bits per heavy atom. The molecule has 27 heavy (non-hydrogen) atoms. The number of esters is 1. The van der Waals surface area contributed by atoms with Gasteiger partial charge in [-0.25, -0.2) is 9.59 Å². The lowest BCUT2D eigenvalue weighted by atomic mass is 10.1. The van der Waals surface area contributed by atoms with E-state index < -0.39 is 5.97 Å². The third kappa shape index (κ3) is 4.86. The lowest BCUT2D eigenvalue weighted by Crippen LogP contribution is -2.49. The highest BCUT2D eigenvalue weighted by molar-refractivity contribution is 6.00. The maximum Gasteiger partial charge on any atom is 0.339 e. The number of methoxy groups -OCH3 is 1. The minimum Gasteiger partial charge on any atom is -0.465 e. The van der Waals surface area contributed by atoms with E-state index in [1.807, 2.05) is 0 Å². The highest BCUT2D eigenvalue weighted by Crippen LogP contribution is 2.17. The number of hydrogen-bond donors (Lipinski definition) is 1. The summed E-state index contributed by atoms with van der Waals surface area (Å²) in [6.45, 7) is 5.91. The minimum atomic E-state index is -0.464. The third-order valence-electron chi connectivity index (χ3n) is 4.76. The second-order valence-electron chi connectivity index (χ2n) is 6.72. The zero-order valence-corrected chi connectivity index (χ0v) is 15.8. The van der Waals surface area contributed by atoms with Crippen molar-refractivity contribution in [3.63, 3.8) is 0 Å². The van der Waals surface area contributed by atoms with Gasteiger partial charge in [-0.3, -0.25) is 4.90 Å². The Balaban J connectivity index is 1.54. The number of hydrogen-bond acceptors (Lipinski definition) is 4. The highest BCUT2D eigenvalue weighted by atomic mass is 16.5. The van der Waals surface area contributed by atoms with E-state index in [4.69, 9.17) is 4.74 Å². The molecule has 1 aliphatic rings. The van der Waals surface area contributed by atoms with Crippen molar-refractivity contribution in [2.45, 2.75) is 13.5 Å². The zero-order valence-electron chi connectivity index (χ0n) is 15.8. The van der Waals surface area contributed by atoms with Crippen LogP contribution in [0.15, 0.2) is 48.5 Å². The summed E-state index contributed by atoms with van der Waals surface area (Å²) in [5.41, 5.74) is 3.36. The van der Waals surface area contributed by atoms with Gasteiger partial charge in [0.05, 0.1) is 18.4 Å². The van der Waals surface area contributed by atoms with E-state index in [-0.39, 0.29) is 6.03 Å². The van der Waals surface area contributed by atoms with Gasteiger partial charge >= 0.3 is 12.0 Å². The van der Waals surface area contributed by atoms with Crippen molar-refractivity contribution in [1.29, 1.82) is 0 Å². The Labute approximate surface area is 159 Å². The van der Waals surface area contributed by atoms with Crippen molar-refractivity contribution < 1.29 is 14.3 Å². The molecule has 1 fully saturated rings. The molecule has 0 bridgehead atoms. The van der Waals surface area contributed by atoms with Crippen LogP contribution in [0.3, 0.4) is 0 Å². The van der Waals surface area contributed by atoms with Crippen LogP contribution < -0.4 is 5.32 Å². The van der Waals surface area contributed by atoms with E-state index in [9.17, 15) is 9.59 Å². The number of rotatable bonds is 4. The smallest absolute Gasteiger partial charge is 0.339 e. The average molecular weight is 367 g/mol. The second kappa shape index (κ2) is 8.68. The Hall–Kier alpha value is -2.86. The zero-order chi connectivity index (χ0) is 19.2. The summed E-state index contributed by atoms with van der Waals surface area (Å²) >= 11 is 0. The minimum absolute atomic E-state index is 0.193. The monoisotopic (exact) mass is 367 g/mol. The van der Waals surface area contributed by atoms with E-state index >= 15 is 0 Å². The van der Waals surface area contributed by atoms with Crippen LogP contribution in [-0.4, -0.2) is 55.1 Å². The van der Waals surface area contributed by atoms with Crippen LogP contribution in [0.1, 0.15) is 21.5 Å². The molecule has 1 N–H and O–H groups in total. The van der Waals surface area contributed by atoms with Crippen LogP contribution in [-0.2, 0) is 11.3 Å². The number of benzene rings is 2. The standard InChI is InChI=1S/C21H25N3O3/c1-16-7-9-17(10-8-16)15-23-11-13-24(14-12-23)21(26)22-19-6-4-3-5-18(19)20(25)27-2/h3-10H,11-15H2,1-2H3,(H,22,26). The van der Waals surface area contributed by atoms with E-state index in [1.54, 1.807) is 29.2 Å². The molecule has 2 aromatic carbocycles. The van der Waals surface area contributed by atoms with Gasteiger partial charge in [-0.2, -0.15) is 0 Å². The quantitative estimate of drug-likeness (QED) is 0.844. The number of carbonyl (C=O) groups is 2. The first-order valence-electron chi connectivity index (χ1n) is 9.08. The summed E-state index contributed by atoms with van der Waals surface area (Å²) in [6, 6.07) is 15.2. The predicted molar refractivity (Wildman–Crippen MR) is 105 cm³/mol. The molecule has 0 atom stereocenters. The molecule has 2 aromatic rings. The number of carbonyl (C=O) groups excluding carboxylic acids is 2. The van der Waals surface area contributed by atoms with Gasteiger partial charge in [0.25, 0.3) is 0 Å². The summed E-state index contributed by atoms with van der Waals surface area (Å²) in [6.07, 6.45) is 0. The number of nitrogens with one attached hydrogen (secondary N) is 1. The fraction of sp³-hybridized carbons (Fsp3) is 0.333. The Morgan fingerprint density at radius 1 is 1.00 bits per heavy atom. The van der Waals surface area contributed by atoms with Gasteiger partial charge in [-0.15, -0.1) is 0 Å². The van der Waals surface area contributed by atoms with Crippen molar-refractivity contribution >= 4 is 17.7 Å². The number of para-hydroxylation sites is 1. The van der Waals surface area contributed by atoms with Gasteiger partial charge in [-0.1, -0.05) is 42.0 Å². The molecule has 2 amide bonds. The number of amides is 2. The van der Waals surface area contributed by atoms with Crippen molar-refractivity contribution in [2.75, 3.05) is 38.6 Å². The summed E-state index contributed by atoms with van der Waals surface area (Å²) in [5.74, 6) is -0.464. The summed E-state index contributed by atoms with van der Waals surface area (Å²) in [7, 11) is 1.33. The maximum atomic E-state index is 12.6. The van der Waals surface area contributed by atoms with Gasteiger partial charge in [0.15, 0.2) is 0 Å². The van der Waals surface area contributed by atoms with Crippen LogP contribution in [0.5, 0.6) is 0 Å². The number of anilines is 1. The SMILES string of the molecule is COC(=O)c1ccccc1NC(=O)N1CCN(Cc2ccc(C)cc2)CC1. The van der Waals surface area contributed by atoms with Gasteiger partial charge < -0.3 is 15.0 Å². The molecule has 0 unspecified atom stereocenters. The van der Waals surface area contributed by atoms with E-state index in [0.717, 1.165) is 19.6 Å². The van der Waals surface area contributed by atoms with Gasteiger partial charge in [0.1, 0.15) is 0 Å². The number of piperazine rings is 1. The van der Waals surface area contributed by atoms with Crippen molar-refractivity contribution in [3.8, 4) is 0 Å². The van der Waals surface area contributed by atoms with Gasteiger partial charge in [0.2, 0.25) is 0 Å². The van der Waals surface area contributed by atoms with Crippen molar-refractivity contribution in [1.82, 2.24) is 9.80 Å². The van der Waals surface area contributed by atoms with Crippen LogP contribution in [0.2, 0.25) is 0 Å². The topological polar surface area (TPSA) is 61.9 Å². The molecule has 0 aliphatic carbocycles. The van der Waals surface area contributed by atoms with Crippen molar-refractivity contribution in [3.05, 3.63) is 65.2 Å². The van der Waals surface area contributed by atoms with E-state index in [1.165, 1.54) is 18.2 Å². The van der Waals surface area contributed by atoms with Crippen LogP contribution in [0.25, 0.3) is 0 Å². The Bertz CT molecular complexity index is 797. The normalized spacial score (nSPS) is 14.7. The number of nitrogens with zero attached hydrogens (tertiary/aromatic N) is 2. The molecular weight excluding hydrogens is 342 g/mol. The van der Waals surface area contributed by atoms with Crippen LogP contribution in [0.4, 0.5) is 10.5 Å². The summed E-state index contributed by atoms with van der Waals surface area (Å²) in [5, 5.41) is 2.83. The molecule has 6 nitrogen and oxygen atoms in total. The molecule has 142 valence electrons. The first-order chi connectivity index (χ1) is 13.1. The largest absolute Gasteiger partial charge is 0.465 e. The molecule has 6 heteroatoms. The number of aryl methyl sites for hydroxylation is 1. The Kier molecular flexibility index (Phi) is 6.08. The number of urea groups is 1. The number of ether oxygens (including phenoxy) is 1. The summed E-state index contributed by atoms with van der Waals surface area (Å²) < 4.78 is 4.77. The first-order valence-corrected chi connectivity index (χ1v) is 9.08. The predicted octanol–water partition coefficient (Wildman–Crippen LogP) is 3.13. The second-order valence-corrected chi connectivity index (χ2v) is 6.72. The molecule has 0 aromatic heterocycles. The van der Waals surface area contributed by atoms with Crippen LogP contribution >= 0.6 is 0 Å². The molecular formula is C21H25N3O3. The highest BCUT2D eigenvalue weighted by Gasteiger charge is 2.22. The van der Waals surface area contributed by atoms with Crippen LogP contribution in [0, 0.1) is 6.92 Å². The fourth-order valence-corrected chi connectivity index (χ4v) is 3.14. The van der Waals surface area contributed by atoms with Crippen molar-refractivity contribution in [2.24, 2.45) is 0 Å². The average Bonchev–Trinajstić information content (AvgIpc) is 2.70. The van der Waals surface area contributed by atoms with E-state index in [0.29, 0.717) is 24.3 Å². The maximum absolute atomic E-state index is 12.6. The molecule has 1 saturated heterocycles. The molecule has 1 heterocycles. The van der Waals surface area contributed by atoms with E-state index in [2.05, 4.69) is 41.4 Å². The molecule has 0 spiro atoms. The summed E-state index contributed by atoms with van der Waals surface area (Å²) in [4.78, 5) is 28.5. The van der Waals surface area contributed by atoms with Gasteiger partial charge in [-0.05, 0) is 24.6 Å². The molecule has 1 aliphatic heterocycles. The molecule has 0 radical (unpaired) electrons. The van der Waals surface area contributed by atoms with Gasteiger partial charge in [0, 0.05) is 32.7 Å². The molecule has 3 rings (SSSR count). The first kappa shape index (κ1) is 18.9. The fourth-order valence-electron chi connectivity index (χ4n) is 3.14. The lowest BCUT2D eigenvalue weighted by molar-refractivity contribution is 0.0602. The Morgan fingerprint density at radius 3 is 2.33 bits per heavy atom. The third-order valence-corrected chi connectivity index (χ3v) is 4.76. The molecule has 0 saturated carbocycles.